The molecule has 60 valence electrons. The van der Waals surface area contributed by atoms with E-state index in [0.717, 1.165) is 12.8 Å². The molecule has 3 atom stereocenters. The van der Waals surface area contributed by atoms with Crippen molar-refractivity contribution in [1.82, 2.24) is 0 Å². The standard InChI is InChI=1S/C8H16O2/c1-6-3-4-8(5-9)7(2)10-6/h6-9H,3-5H2,1-2H3/t6-,7+,8-/m0/s1. The lowest BCUT2D eigenvalue weighted by Crippen LogP contribution is -2.33. The van der Waals surface area contributed by atoms with Crippen LogP contribution in [0.4, 0.5) is 0 Å². The van der Waals surface area contributed by atoms with Gasteiger partial charge in [-0.05, 0) is 26.7 Å². The second kappa shape index (κ2) is 3.35. The molecular formula is C8H16O2. The quantitative estimate of drug-likeness (QED) is 0.599. The van der Waals surface area contributed by atoms with Crippen molar-refractivity contribution >= 4 is 0 Å². The first-order valence-electron chi connectivity index (χ1n) is 4.00. The van der Waals surface area contributed by atoms with E-state index < -0.39 is 0 Å². The van der Waals surface area contributed by atoms with Crippen LogP contribution in [0.2, 0.25) is 0 Å². The van der Waals surface area contributed by atoms with Crippen molar-refractivity contribution in [2.45, 2.75) is 38.9 Å². The first kappa shape index (κ1) is 8.02. The Hall–Kier alpha value is -0.0800. The summed E-state index contributed by atoms with van der Waals surface area (Å²) in [5.74, 6) is 0.371. The maximum atomic E-state index is 8.87. The molecular weight excluding hydrogens is 128 g/mol. The Morgan fingerprint density at radius 3 is 2.60 bits per heavy atom. The summed E-state index contributed by atoms with van der Waals surface area (Å²) >= 11 is 0. The molecule has 1 heterocycles. The largest absolute Gasteiger partial charge is 0.396 e. The van der Waals surface area contributed by atoms with Crippen LogP contribution in [0.1, 0.15) is 26.7 Å². The van der Waals surface area contributed by atoms with Gasteiger partial charge < -0.3 is 9.84 Å². The molecule has 0 unspecified atom stereocenters. The van der Waals surface area contributed by atoms with Gasteiger partial charge in [0.25, 0.3) is 0 Å². The molecule has 1 saturated heterocycles. The molecule has 10 heavy (non-hydrogen) atoms. The normalized spacial score (nSPS) is 41.7. The lowest BCUT2D eigenvalue weighted by molar-refractivity contribution is -0.0769. The van der Waals surface area contributed by atoms with Crippen molar-refractivity contribution in [2.24, 2.45) is 5.92 Å². The second-order valence-electron chi connectivity index (χ2n) is 3.17. The van der Waals surface area contributed by atoms with E-state index >= 15 is 0 Å². The summed E-state index contributed by atoms with van der Waals surface area (Å²) in [5, 5.41) is 8.87. The van der Waals surface area contributed by atoms with Crippen molar-refractivity contribution in [3.63, 3.8) is 0 Å². The van der Waals surface area contributed by atoms with Crippen molar-refractivity contribution in [2.75, 3.05) is 6.61 Å². The zero-order valence-corrected chi connectivity index (χ0v) is 6.71. The third kappa shape index (κ3) is 1.70. The van der Waals surface area contributed by atoms with Gasteiger partial charge in [-0.25, -0.2) is 0 Å². The zero-order chi connectivity index (χ0) is 7.56. The Morgan fingerprint density at radius 1 is 1.40 bits per heavy atom. The SMILES string of the molecule is C[C@H]1CC[C@@H](CO)[C@@H](C)O1. The summed E-state index contributed by atoms with van der Waals surface area (Å²) in [5.41, 5.74) is 0. The zero-order valence-electron chi connectivity index (χ0n) is 6.71. The van der Waals surface area contributed by atoms with Crippen LogP contribution in [0.15, 0.2) is 0 Å². The highest BCUT2D eigenvalue weighted by atomic mass is 16.5. The molecule has 0 saturated carbocycles. The van der Waals surface area contributed by atoms with Gasteiger partial charge in [-0.1, -0.05) is 0 Å². The molecule has 0 bridgehead atoms. The fourth-order valence-electron chi connectivity index (χ4n) is 1.47. The lowest BCUT2D eigenvalue weighted by atomic mass is 9.94. The van der Waals surface area contributed by atoms with Crippen LogP contribution in [0, 0.1) is 5.92 Å². The van der Waals surface area contributed by atoms with Crippen LogP contribution in [-0.4, -0.2) is 23.9 Å². The number of aliphatic hydroxyl groups excluding tert-OH is 1. The number of rotatable bonds is 1. The van der Waals surface area contributed by atoms with Crippen molar-refractivity contribution in [3.8, 4) is 0 Å². The van der Waals surface area contributed by atoms with Crippen LogP contribution >= 0.6 is 0 Å². The van der Waals surface area contributed by atoms with Gasteiger partial charge in [0.1, 0.15) is 0 Å². The van der Waals surface area contributed by atoms with Crippen LogP contribution in [0.3, 0.4) is 0 Å². The van der Waals surface area contributed by atoms with Crippen LogP contribution < -0.4 is 0 Å². The monoisotopic (exact) mass is 144 g/mol. The van der Waals surface area contributed by atoms with E-state index in [1.165, 1.54) is 0 Å². The first-order chi connectivity index (χ1) is 4.74. The smallest absolute Gasteiger partial charge is 0.0600 e. The topological polar surface area (TPSA) is 29.5 Å². The Bertz CT molecular complexity index is 103. The van der Waals surface area contributed by atoms with E-state index in [1.54, 1.807) is 0 Å². The molecule has 2 heteroatoms. The molecule has 1 fully saturated rings. The highest BCUT2D eigenvalue weighted by molar-refractivity contribution is 4.73. The van der Waals surface area contributed by atoms with Gasteiger partial charge in [0.15, 0.2) is 0 Å². The molecule has 1 rings (SSSR count). The summed E-state index contributed by atoms with van der Waals surface area (Å²) < 4.78 is 5.53. The highest BCUT2D eigenvalue weighted by Gasteiger charge is 2.24. The third-order valence-electron chi connectivity index (χ3n) is 2.29. The molecule has 0 aromatic carbocycles. The summed E-state index contributed by atoms with van der Waals surface area (Å²) in [4.78, 5) is 0. The van der Waals surface area contributed by atoms with E-state index in [4.69, 9.17) is 9.84 Å². The average Bonchev–Trinajstić information content (AvgIpc) is 1.88. The maximum absolute atomic E-state index is 8.87. The van der Waals surface area contributed by atoms with E-state index in [1.807, 2.05) is 6.92 Å². The van der Waals surface area contributed by atoms with Crippen LogP contribution in [-0.2, 0) is 4.74 Å². The number of hydrogen-bond acceptors (Lipinski definition) is 2. The van der Waals surface area contributed by atoms with Gasteiger partial charge in [0.2, 0.25) is 0 Å². The molecule has 1 aliphatic rings. The molecule has 0 aromatic rings. The highest BCUT2D eigenvalue weighted by Crippen LogP contribution is 2.23. The van der Waals surface area contributed by atoms with Gasteiger partial charge >= 0.3 is 0 Å². The minimum atomic E-state index is 0.244. The fourth-order valence-corrected chi connectivity index (χ4v) is 1.47. The Labute approximate surface area is 62.2 Å². The average molecular weight is 144 g/mol. The van der Waals surface area contributed by atoms with E-state index in [2.05, 4.69) is 6.92 Å². The van der Waals surface area contributed by atoms with Gasteiger partial charge in [-0.2, -0.15) is 0 Å². The number of aliphatic hydroxyl groups is 1. The minimum absolute atomic E-state index is 0.244. The summed E-state index contributed by atoms with van der Waals surface area (Å²) in [7, 11) is 0. The predicted octanol–water partition coefficient (Wildman–Crippen LogP) is 1.18. The molecule has 2 nitrogen and oxygen atoms in total. The van der Waals surface area contributed by atoms with E-state index in [-0.39, 0.29) is 12.7 Å². The lowest BCUT2D eigenvalue weighted by Gasteiger charge is -2.31. The van der Waals surface area contributed by atoms with Crippen molar-refractivity contribution in [1.29, 1.82) is 0 Å². The van der Waals surface area contributed by atoms with Crippen molar-refractivity contribution < 1.29 is 9.84 Å². The number of ether oxygens (including phenoxy) is 1. The predicted molar refractivity (Wildman–Crippen MR) is 39.8 cm³/mol. The Balaban J connectivity index is 2.36. The Morgan fingerprint density at radius 2 is 2.10 bits per heavy atom. The van der Waals surface area contributed by atoms with Gasteiger partial charge in [-0.15, -0.1) is 0 Å². The van der Waals surface area contributed by atoms with Gasteiger partial charge in [0, 0.05) is 12.5 Å². The number of hydrogen-bond donors (Lipinski definition) is 1. The summed E-state index contributed by atoms with van der Waals surface area (Å²) in [6.07, 6.45) is 2.83. The Kier molecular flexibility index (Phi) is 2.69. The second-order valence-corrected chi connectivity index (χ2v) is 3.17. The molecule has 0 amide bonds. The maximum Gasteiger partial charge on any atom is 0.0600 e. The molecule has 1 N–H and O–H groups in total. The molecule has 0 radical (unpaired) electrons. The van der Waals surface area contributed by atoms with E-state index in [0.29, 0.717) is 12.0 Å². The summed E-state index contributed by atoms with van der Waals surface area (Å²) in [6.45, 7) is 4.40. The van der Waals surface area contributed by atoms with E-state index in [9.17, 15) is 0 Å². The first-order valence-corrected chi connectivity index (χ1v) is 4.00. The van der Waals surface area contributed by atoms with Crippen LogP contribution in [0.5, 0.6) is 0 Å². The van der Waals surface area contributed by atoms with Gasteiger partial charge in [0.05, 0.1) is 12.2 Å². The molecule has 0 aliphatic carbocycles. The fraction of sp³-hybridized carbons (Fsp3) is 1.00. The molecule has 0 spiro atoms. The molecule has 0 aromatic heterocycles. The van der Waals surface area contributed by atoms with Crippen LogP contribution in [0.25, 0.3) is 0 Å². The summed E-state index contributed by atoms with van der Waals surface area (Å²) in [6, 6.07) is 0. The molecule has 1 aliphatic heterocycles. The minimum Gasteiger partial charge on any atom is -0.396 e. The third-order valence-corrected chi connectivity index (χ3v) is 2.29. The van der Waals surface area contributed by atoms with Gasteiger partial charge in [-0.3, -0.25) is 0 Å². The van der Waals surface area contributed by atoms with Crippen molar-refractivity contribution in [3.05, 3.63) is 0 Å².